The quantitative estimate of drug-likeness (QED) is 0.573. The van der Waals surface area contributed by atoms with Crippen molar-refractivity contribution in [2.75, 3.05) is 57.9 Å². The maximum atomic E-state index is 5.51. The maximum Gasteiger partial charge on any atom is 0.191 e. The number of anilines is 1. The highest BCUT2D eigenvalue weighted by atomic mass is 32.1. The zero-order chi connectivity index (χ0) is 19.1. The Morgan fingerprint density at radius 2 is 2.00 bits per heavy atom. The second kappa shape index (κ2) is 10.3. The van der Waals surface area contributed by atoms with Gasteiger partial charge in [-0.1, -0.05) is 13.8 Å². The second-order valence-corrected chi connectivity index (χ2v) is 8.70. The molecule has 1 aromatic rings. The van der Waals surface area contributed by atoms with E-state index in [0.29, 0.717) is 18.0 Å². The average molecular weight is 394 g/mol. The van der Waals surface area contributed by atoms with E-state index in [2.05, 4.69) is 56.8 Å². The molecule has 152 valence electrons. The number of guanidine groups is 1. The van der Waals surface area contributed by atoms with Gasteiger partial charge in [-0.05, 0) is 36.3 Å². The van der Waals surface area contributed by atoms with Gasteiger partial charge in [0.1, 0.15) is 0 Å². The summed E-state index contributed by atoms with van der Waals surface area (Å²) in [7, 11) is 1.87. The minimum Gasteiger partial charge on any atom is -0.379 e. The number of ether oxygens (including phenoxy) is 1. The fraction of sp³-hybridized carbons (Fsp3) is 0.750. The molecule has 3 rings (SSSR count). The van der Waals surface area contributed by atoms with Crippen molar-refractivity contribution in [3.05, 3.63) is 17.5 Å². The smallest absolute Gasteiger partial charge is 0.191 e. The van der Waals surface area contributed by atoms with Crippen molar-refractivity contribution in [3.8, 4) is 0 Å². The number of nitrogens with zero attached hydrogens (tertiary/aromatic N) is 3. The van der Waals surface area contributed by atoms with E-state index in [4.69, 9.17) is 4.74 Å². The van der Waals surface area contributed by atoms with Crippen molar-refractivity contribution in [1.29, 1.82) is 0 Å². The molecule has 6 nitrogen and oxygen atoms in total. The van der Waals surface area contributed by atoms with Crippen molar-refractivity contribution in [1.82, 2.24) is 15.5 Å². The molecule has 3 heterocycles. The van der Waals surface area contributed by atoms with Gasteiger partial charge in [0.05, 0.1) is 18.2 Å². The molecule has 2 aliphatic heterocycles. The van der Waals surface area contributed by atoms with Gasteiger partial charge in [0.15, 0.2) is 5.96 Å². The van der Waals surface area contributed by atoms with Gasteiger partial charge in [-0.25, -0.2) is 0 Å². The summed E-state index contributed by atoms with van der Waals surface area (Å²) in [6.45, 7) is 11.5. The molecule has 0 aromatic carbocycles. The lowest BCUT2D eigenvalue weighted by molar-refractivity contribution is 0.00751. The predicted molar refractivity (Wildman–Crippen MR) is 115 cm³/mol. The Morgan fingerprint density at radius 3 is 2.59 bits per heavy atom. The number of nitrogens with one attached hydrogen (secondary N) is 2. The zero-order valence-electron chi connectivity index (χ0n) is 17.0. The van der Waals surface area contributed by atoms with Gasteiger partial charge in [-0.2, -0.15) is 0 Å². The summed E-state index contributed by atoms with van der Waals surface area (Å²) < 4.78 is 5.51. The molecule has 1 unspecified atom stereocenters. The number of aliphatic imine (C=N–C) groups is 1. The lowest BCUT2D eigenvalue weighted by Crippen LogP contribution is -2.54. The summed E-state index contributed by atoms with van der Waals surface area (Å²) in [4.78, 5) is 9.51. The van der Waals surface area contributed by atoms with Gasteiger partial charge < -0.3 is 20.3 Å². The summed E-state index contributed by atoms with van der Waals surface area (Å²) in [5.74, 6) is 1.53. The molecule has 0 aliphatic carbocycles. The standard InChI is InChI=1S/C20H35N5OS/c1-16(2)18(24-10-12-26-13-11-24)15-22-20(21-3)23-17-6-8-25(9-7-17)19-5-4-14-27-19/h4-5,14,16-18H,6-13,15H2,1-3H3,(H2,21,22,23). The van der Waals surface area contributed by atoms with E-state index in [1.54, 1.807) is 0 Å². The van der Waals surface area contributed by atoms with Crippen molar-refractivity contribution >= 4 is 22.3 Å². The monoisotopic (exact) mass is 393 g/mol. The normalized spacial score (nSPS) is 21.5. The molecule has 0 spiro atoms. The van der Waals surface area contributed by atoms with Gasteiger partial charge in [0, 0.05) is 51.9 Å². The Hall–Kier alpha value is -1.31. The Bertz CT molecular complexity index is 563. The van der Waals surface area contributed by atoms with Crippen molar-refractivity contribution in [3.63, 3.8) is 0 Å². The highest BCUT2D eigenvalue weighted by Gasteiger charge is 2.25. The first-order valence-electron chi connectivity index (χ1n) is 10.2. The number of rotatable bonds is 6. The van der Waals surface area contributed by atoms with Crippen LogP contribution in [0.15, 0.2) is 22.5 Å². The summed E-state index contributed by atoms with van der Waals surface area (Å²) in [6.07, 6.45) is 2.30. The molecule has 1 aromatic heterocycles. The second-order valence-electron chi connectivity index (χ2n) is 7.77. The fourth-order valence-corrected chi connectivity index (χ4v) is 4.76. The number of hydrogen-bond donors (Lipinski definition) is 2. The van der Waals surface area contributed by atoms with Crippen LogP contribution in [-0.4, -0.2) is 75.9 Å². The summed E-state index contributed by atoms with van der Waals surface area (Å²) in [5, 5.41) is 10.8. The van der Waals surface area contributed by atoms with Crippen molar-refractivity contribution in [2.24, 2.45) is 10.9 Å². The third-order valence-corrected chi connectivity index (χ3v) is 6.57. The van der Waals surface area contributed by atoms with Crippen LogP contribution in [0.2, 0.25) is 0 Å². The Balaban J connectivity index is 1.45. The SMILES string of the molecule is CN=C(NCC(C(C)C)N1CCOCC1)NC1CCN(c2cccs2)CC1. The number of hydrogen-bond acceptors (Lipinski definition) is 5. The summed E-state index contributed by atoms with van der Waals surface area (Å²) in [6, 6.07) is 5.35. The van der Waals surface area contributed by atoms with E-state index >= 15 is 0 Å². The number of thiophene rings is 1. The third-order valence-electron chi connectivity index (χ3n) is 5.64. The van der Waals surface area contributed by atoms with Gasteiger partial charge in [0.25, 0.3) is 0 Å². The third kappa shape index (κ3) is 5.83. The molecule has 0 radical (unpaired) electrons. The van der Waals surface area contributed by atoms with Crippen molar-refractivity contribution < 1.29 is 4.74 Å². The predicted octanol–water partition coefficient (Wildman–Crippen LogP) is 2.24. The molecular weight excluding hydrogens is 358 g/mol. The molecule has 7 heteroatoms. The summed E-state index contributed by atoms with van der Waals surface area (Å²) in [5.41, 5.74) is 0. The molecule has 0 saturated carbocycles. The maximum absolute atomic E-state index is 5.51. The van der Waals surface area contributed by atoms with Crippen LogP contribution in [0.4, 0.5) is 5.00 Å². The van der Waals surface area contributed by atoms with Gasteiger partial charge in [-0.15, -0.1) is 11.3 Å². The molecule has 2 saturated heterocycles. The molecule has 27 heavy (non-hydrogen) atoms. The van der Waals surface area contributed by atoms with Crippen LogP contribution < -0.4 is 15.5 Å². The van der Waals surface area contributed by atoms with E-state index in [-0.39, 0.29) is 0 Å². The van der Waals surface area contributed by atoms with Crippen molar-refractivity contribution in [2.45, 2.75) is 38.8 Å². The first-order valence-corrected chi connectivity index (χ1v) is 11.1. The van der Waals surface area contributed by atoms with Gasteiger partial charge in [-0.3, -0.25) is 9.89 Å². The molecule has 2 aliphatic rings. The molecule has 2 fully saturated rings. The Kier molecular flexibility index (Phi) is 7.79. The van der Waals surface area contributed by atoms with E-state index in [1.807, 2.05) is 18.4 Å². The van der Waals surface area contributed by atoms with Crippen LogP contribution in [0, 0.1) is 5.92 Å². The Labute approximate surface area is 168 Å². The van der Waals surface area contributed by atoms with Crippen LogP contribution in [0.5, 0.6) is 0 Å². The first kappa shape index (κ1) is 20.4. The minimum absolute atomic E-state index is 0.494. The minimum atomic E-state index is 0.494. The highest BCUT2D eigenvalue weighted by Crippen LogP contribution is 2.24. The number of piperidine rings is 1. The molecule has 0 bridgehead atoms. The van der Waals surface area contributed by atoms with E-state index in [1.165, 1.54) is 5.00 Å². The molecule has 0 amide bonds. The fourth-order valence-electron chi connectivity index (χ4n) is 3.98. The molecule has 2 N–H and O–H groups in total. The van der Waals surface area contributed by atoms with E-state index < -0.39 is 0 Å². The van der Waals surface area contributed by atoms with Gasteiger partial charge in [0.2, 0.25) is 0 Å². The average Bonchev–Trinajstić information content (AvgIpc) is 3.23. The van der Waals surface area contributed by atoms with Crippen LogP contribution in [0.3, 0.4) is 0 Å². The van der Waals surface area contributed by atoms with Crippen LogP contribution in [0.25, 0.3) is 0 Å². The van der Waals surface area contributed by atoms with E-state index in [9.17, 15) is 0 Å². The molecule has 1 atom stereocenters. The lowest BCUT2D eigenvalue weighted by Gasteiger charge is -2.37. The van der Waals surface area contributed by atoms with Gasteiger partial charge >= 0.3 is 0 Å². The highest BCUT2D eigenvalue weighted by molar-refractivity contribution is 7.14. The van der Waals surface area contributed by atoms with Crippen LogP contribution >= 0.6 is 11.3 Å². The summed E-state index contributed by atoms with van der Waals surface area (Å²) >= 11 is 1.83. The molecular formula is C20H35N5OS. The van der Waals surface area contributed by atoms with E-state index in [0.717, 1.165) is 64.7 Å². The zero-order valence-corrected chi connectivity index (χ0v) is 17.8. The first-order chi connectivity index (χ1) is 13.2. The topological polar surface area (TPSA) is 52.1 Å². The Morgan fingerprint density at radius 1 is 1.26 bits per heavy atom. The lowest BCUT2D eigenvalue weighted by atomic mass is 10.0. The van der Waals surface area contributed by atoms with Crippen LogP contribution in [-0.2, 0) is 4.74 Å². The number of morpholine rings is 1. The largest absolute Gasteiger partial charge is 0.379 e. The van der Waals surface area contributed by atoms with Crippen LogP contribution in [0.1, 0.15) is 26.7 Å².